The van der Waals surface area contributed by atoms with E-state index in [2.05, 4.69) is 17.1 Å². The van der Waals surface area contributed by atoms with Gasteiger partial charge in [0, 0.05) is 32.3 Å². The van der Waals surface area contributed by atoms with E-state index in [0.717, 1.165) is 45.2 Å². The van der Waals surface area contributed by atoms with Crippen molar-refractivity contribution in [3.8, 4) is 0 Å². The molecule has 0 aromatic carbocycles. The number of piperidine rings is 1. The first-order chi connectivity index (χ1) is 9.44. The van der Waals surface area contributed by atoms with Crippen molar-refractivity contribution in [3.05, 3.63) is 0 Å². The Balaban J connectivity index is 1.87. The molecule has 5 heteroatoms. The van der Waals surface area contributed by atoms with Gasteiger partial charge in [0.1, 0.15) is 0 Å². The molecule has 1 saturated heterocycles. The van der Waals surface area contributed by atoms with Gasteiger partial charge in [0.2, 0.25) is 5.91 Å². The van der Waals surface area contributed by atoms with Gasteiger partial charge in [-0.2, -0.15) is 0 Å². The quantitative estimate of drug-likeness (QED) is 0.727. The zero-order valence-corrected chi connectivity index (χ0v) is 13.0. The number of methoxy groups -OCH3 is 1. The molecule has 116 valence electrons. The lowest BCUT2D eigenvalue weighted by molar-refractivity contribution is -0.124. The van der Waals surface area contributed by atoms with Crippen LogP contribution < -0.4 is 11.1 Å². The van der Waals surface area contributed by atoms with Gasteiger partial charge in [-0.3, -0.25) is 4.79 Å². The zero-order chi connectivity index (χ0) is 14.8. The monoisotopic (exact) mass is 283 g/mol. The van der Waals surface area contributed by atoms with E-state index >= 15 is 0 Å². The maximum absolute atomic E-state index is 11.8. The first-order valence-corrected chi connectivity index (χ1v) is 7.79. The predicted molar refractivity (Wildman–Crippen MR) is 79.4 cm³/mol. The molecule has 1 aliphatic carbocycles. The Kier molecular flexibility index (Phi) is 5.04. The minimum atomic E-state index is -0.585. The molecule has 2 atom stereocenters. The molecule has 0 aromatic rings. The number of hydrogen-bond donors (Lipinski definition) is 2. The summed E-state index contributed by atoms with van der Waals surface area (Å²) in [4.78, 5) is 14.3. The van der Waals surface area contributed by atoms with Crippen LogP contribution in [-0.2, 0) is 9.53 Å². The number of amides is 1. The van der Waals surface area contributed by atoms with E-state index < -0.39 is 5.54 Å². The van der Waals surface area contributed by atoms with Gasteiger partial charge in [-0.05, 0) is 46.0 Å². The molecule has 0 spiro atoms. The molecule has 20 heavy (non-hydrogen) atoms. The number of rotatable bonds is 7. The van der Waals surface area contributed by atoms with Crippen LogP contribution in [0.25, 0.3) is 0 Å². The normalized spacial score (nSPS) is 26.1. The molecule has 0 radical (unpaired) electrons. The lowest BCUT2D eigenvalue weighted by Gasteiger charge is -2.39. The van der Waals surface area contributed by atoms with Crippen LogP contribution in [0, 0.1) is 0 Å². The van der Waals surface area contributed by atoms with Gasteiger partial charge in [0.05, 0.1) is 11.6 Å². The Morgan fingerprint density at radius 3 is 2.45 bits per heavy atom. The molecular weight excluding hydrogens is 254 g/mol. The summed E-state index contributed by atoms with van der Waals surface area (Å²) in [6.45, 7) is 6.23. The highest BCUT2D eigenvalue weighted by Crippen LogP contribution is 2.26. The molecule has 1 heterocycles. The average Bonchev–Trinajstić information content (AvgIpc) is 3.22. The minimum absolute atomic E-state index is 0.233. The number of nitrogens with zero attached hydrogens (tertiary/aromatic N) is 1. The van der Waals surface area contributed by atoms with Crippen LogP contribution in [0.3, 0.4) is 0 Å². The lowest BCUT2D eigenvalue weighted by Crippen LogP contribution is -2.57. The Bertz CT molecular complexity index is 338. The van der Waals surface area contributed by atoms with Crippen LogP contribution >= 0.6 is 0 Å². The molecule has 1 amide bonds. The largest absolute Gasteiger partial charge is 0.381 e. The molecule has 2 fully saturated rings. The Morgan fingerprint density at radius 2 is 2.00 bits per heavy atom. The first kappa shape index (κ1) is 15.7. The summed E-state index contributed by atoms with van der Waals surface area (Å²) in [6.07, 6.45) is 5.64. The van der Waals surface area contributed by atoms with Gasteiger partial charge in [-0.25, -0.2) is 0 Å². The second-order valence-electron chi connectivity index (χ2n) is 6.64. The Hall–Kier alpha value is -0.650. The van der Waals surface area contributed by atoms with E-state index in [0.29, 0.717) is 18.2 Å². The highest BCUT2D eigenvalue weighted by Gasteiger charge is 2.39. The van der Waals surface area contributed by atoms with Crippen LogP contribution in [0.4, 0.5) is 0 Å². The number of hydrogen-bond acceptors (Lipinski definition) is 4. The van der Waals surface area contributed by atoms with E-state index in [4.69, 9.17) is 10.5 Å². The van der Waals surface area contributed by atoms with Crippen LogP contribution in [0.1, 0.15) is 46.0 Å². The first-order valence-electron chi connectivity index (χ1n) is 7.79. The average molecular weight is 283 g/mol. The van der Waals surface area contributed by atoms with E-state index in [-0.39, 0.29) is 5.91 Å². The molecule has 0 bridgehead atoms. The number of carbonyl (C=O) groups excluding carboxylic acids is 1. The van der Waals surface area contributed by atoms with E-state index in [1.165, 1.54) is 0 Å². The van der Waals surface area contributed by atoms with Crippen LogP contribution in [0.15, 0.2) is 0 Å². The van der Waals surface area contributed by atoms with E-state index in [1.807, 2.05) is 6.92 Å². The molecule has 3 N–H and O–H groups in total. The summed E-state index contributed by atoms with van der Waals surface area (Å²) in [6, 6.07) is 0.843. The fourth-order valence-corrected chi connectivity index (χ4v) is 3.18. The SMILES string of the molecule is COC1CCN(C(C)CC(C)(NC2CC2)C(N)=O)CC1. The summed E-state index contributed by atoms with van der Waals surface area (Å²) in [5, 5.41) is 3.43. The van der Waals surface area contributed by atoms with Crippen molar-refractivity contribution < 1.29 is 9.53 Å². The Morgan fingerprint density at radius 1 is 1.40 bits per heavy atom. The van der Waals surface area contributed by atoms with Crippen molar-refractivity contribution in [3.63, 3.8) is 0 Å². The summed E-state index contributed by atoms with van der Waals surface area (Å²) in [5.41, 5.74) is 5.04. The van der Waals surface area contributed by atoms with Gasteiger partial charge < -0.3 is 20.7 Å². The maximum atomic E-state index is 11.8. The molecule has 5 nitrogen and oxygen atoms in total. The smallest absolute Gasteiger partial charge is 0.237 e. The van der Waals surface area contributed by atoms with Gasteiger partial charge in [0.25, 0.3) is 0 Å². The standard InChI is InChI=1S/C15H29N3O2/c1-11(18-8-6-13(20-3)7-9-18)10-15(2,14(16)19)17-12-4-5-12/h11-13,17H,4-10H2,1-3H3,(H2,16,19). The fourth-order valence-electron chi connectivity index (χ4n) is 3.18. The van der Waals surface area contributed by atoms with Crippen molar-refractivity contribution in [1.29, 1.82) is 0 Å². The number of carbonyl (C=O) groups is 1. The van der Waals surface area contributed by atoms with Crippen molar-refractivity contribution in [2.45, 2.75) is 69.7 Å². The topological polar surface area (TPSA) is 67.6 Å². The number of nitrogens with two attached hydrogens (primary N) is 1. The van der Waals surface area contributed by atoms with Gasteiger partial charge in [-0.15, -0.1) is 0 Å². The number of primary amides is 1. The Labute approximate surface area is 122 Å². The maximum Gasteiger partial charge on any atom is 0.237 e. The molecule has 0 aromatic heterocycles. The fraction of sp³-hybridized carbons (Fsp3) is 0.933. The van der Waals surface area contributed by atoms with Crippen molar-refractivity contribution in [2.24, 2.45) is 5.73 Å². The summed E-state index contributed by atoms with van der Waals surface area (Å²) in [7, 11) is 1.79. The molecular formula is C15H29N3O2. The number of ether oxygens (including phenoxy) is 1. The second kappa shape index (κ2) is 6.41. The summed E-state index contributed by atoms with van der Waals surface area (Å²) in [5.74, 6) is -0.233. The zero-order valence-electron chi connectivity index (χ0n) is 13.0. The van der Waals surface area contributed by atoms with Crippen LogP contribution in [0.2, 0.25) is 0 Å². The third kappa shape index (κ3) is 3.93. The van der Waals surface area contributed by atoms with Gasteiger partial charge in [0.15, 0.2) is 0 Å². The van der Waals surface area contributed by atoms with Crippen LogP contribution in [-0.4, -0.2) is 54.7 Å². The van der Waals surface area contributed by atoms with E-state index in [9.17, 15) is 4.79 Å². The summed E-state index contributed by atoms with van der Waals surface area (Å²) >= 11 is 0. The highest BCUT2D eigenvalue weighted by molar-refractivity contribution is 5.84. The second-order valence-corrected chi connectivity index (χ2v) is 6.64. The highest BCUT2D eigenvalue weighted by atomic mass is 16.5. The van der Waals surface area contributed by atoms with Crippen molar-refractivity contribution in [1.82, 2.24) is 10.2 Å². The van der Waals surface area contributed by atoms with Gasteiger partial charge >= 0.3 is 0 Å². The molecule has 1 aliphatic heterocycles. The molecule has 1 saturated carbocycles. The third-order valence-electron chi connectivity index (χ3n) is 4.78. The third-order valence-corrected chi connectivity index (χ3v) is 4.78. The minimum Gasteiger partial charge on any atom is -0.381 e. The molecule has 2 aliphatic rings. The van der Waals surface area contributed by atoms with Crippen LogP contribution in [0.5, 0.6) is 0 Å². The number of likely N-dealkylation sites (tertiary alicyclic amines) is 1. The van der Waals surface area contributed by atoms with Crippen molar-refractivity contribution >= 4 is 5.91 Å². The lowest BCUT2D eigenvalue weighted by atomic mass is 9.91. The van der Waals surface area contributed by atoms with E-state index in [1.54, 1.807) is 7.11 Å². The van der Waals surface area contributed by atoms with Gasteiger partial charge in [-0.1, -0.05) is 0 Å². The molecule has 2 unspecified atom stereocenters. The summed E-state index contributed by atoms with van der Waals surface area (Å²) < 4.78 is 5.41. The predicted octanol–water partition coefficient (Wildman–Crippen LogP) is 0.872. The molecule has 2 rings (SSSR count). The van der Waals surface area contributed by atoms with Crippen molar-refractivity contribution in [2.75, 3.05) is 20.2 Å². The number of nitrogens with one attached hydrogen (secondary N) is 1.